The van der Waals surface area contributed by atoms with Gasteiger partial charge in [0.1, 0.15) is 5.75 Å². The van der Waals surface area contributed by atoms with E-state index >= 15 is 0 Å². The molecule has 0 aliphatic carbocycles. The predicted octanol–water partition coefficient (Wildman–Crippen LogP) is 2.83. The fourth-order valence-corrected chi connectivity index (χ4v) is 2.34. The van der Waals surface area contributed by atoms with Gasteiger partial charge in [0, 0.05) is 24.7 Å². The van der Waals surface area contributed by atoms with E-state index in [1.807, 2.05) is 50.2 Å². The van der Waals surface area contributed by atoms with Crippen LogP contribution in [0.2, 0.25) is 0 Å². The Morgan fingerprint density at radius 1 is 0.962 bits per heavy atom. The third-order valence-electron chi connectivity index (χ3n) is 3.68. The van der Waals surface area contributed by atoms with Crippen LogP contribution in [0.1, 0.15) is 35.3 Å². The van der Waals surface area contributed by atoms with Crippen molar-refractivity contribution in [2.75, 3.05) is 7.11 Å². The van der Waals surface area contributed by atoms with E-state index in [2.05, 4.69) is 16.0 Å². The predicted molar refractivity (Wildman–Crippen MR) is 101 cm³/mol. The van der Waals surface area contributed by atoms with E-state index in [1.54, 1.807) is 19.2 Å². The van der Waals surface area contributed by atoms with Crippen molar-refractivity contribution in [3.05, 3.63) is 65.2 Å². The Morgan fingerprint density at radius 3 is 2.31 bits per heavy atom. The molecule has 6 heteroatoms. The lowest BCUT2D eigenvalue weighted by atomic mass is 10.1. The van der Waals surface area contributed by atoms with Gasteiger partial charge in [0.05, 0.1) is 7.11 Å². The van der Waals surface area contributed by atoms with E-state index in [9.17, 15) is 9.59 Å². The first kappa shape index (κ1) is 19.3. The molecule has 2 aromatic rings. The topological polar surface area (TPSA) is 79.5 Å². The van der Waals surface area contributed by atoms with Gasteiger partial charge in [0.2, 0.25) is 0 Å². The van der Waals surface area contributed by atoms with Gasteiger partial charge in [0.15, 0.2) is 0 Å². The highest BCUT2D eigenvalue weighted by Crippen LogP contribution is 2.12. The molecule has 0 radical (unpaired) electrons. The molecular formula is C20H25N3O3. The number of hydrogen-bond acceptors (Lipinski definition) is 3. The summed E-state index contributed by atoms with van der Waals surface area (Å²) >= 11 is 0. The summed E-state index contributed by atoms with van der Waals surface area (Å²) in [6.07, 6.45) is 0. The molecule has 0 spiro atoms. The van der Waals surface area contributed by atoms with E-state index in [-0.39, 0.29) is 18.0 Å². The average molecular weight is 355 g/mol. The van der Waals surface area contributed by atoms with Crippen molar-refractivity contribution in [2.24, 2.45) is 0 Å². The zero-order valence-corrected chi connectivity index (χ0v) is 15.3. The van der Waals surface area contributed by atoms with Crippen molar-refractivity contribution < 1.29 is 14.3 Å². The highest BCUT2D eigenvalue weighted by atomic mass is 16.5. The van der Waals surface area contributed by atoms with Crippen molar-refractivity contribution in [2.45, 2.75) is 33.0 Å². The van der Waals surface area contributed by atoms with Crippen LogP contribution in [0, 0.1) is 0 Å². The third kappa shape index (κ3) is 6.12. The first-order valence-corrected chi connectivity index (χ1v) is 8.52. The van der Waals surface area contributed by atoms with Gasteiger partial charge in [-0.05, 0) is 49.2 Å². The molecule has 0 fully saturated rings. The molecule has 0 aliphatic heterocycles. The standard InChI is InChI=1S/C20H25N3O3/c1-14(2)23-20(25)22-12-15-7-9-17(10-8-15)19(24)21-13-16-5-4-6-18(11-16)26-3/h4-11,14H,12-13H2,1-3H3,(H,21,24)(H2,22,23,25). The molecule has 0 unspecified atom stereocenters. The lowest BCUT2D eigenvalue weighted by Crippen LogP contribution is -2.39. The summed E-state index contributed by atoms with van der Waals surface area (Å²) in [4.78, 5) is 23.8. The third-order valence-corrected chi connectivity index (χ3v) is 3.68. The lowest BCUT2D eigenvalue weighted by molar-refractivity contribution is 0.0951. The van der Waals surface area contributed by atoms with Crippen molar-refractivity contribution in [1.82, 2.24) is 16.0 Å². The smallest absolute Gasteiger partial charge is 0.315 e. The van der Waals surface area contributed by atoms with Crippen LogP contribution in [0.3, 0.4) is 0 Å². The molecular weight excluding hydrogens is 330 g/mol. The Labute approximate surface area is 153 Å². The fourth-order valence-electron chi connectivity index (χ4n) is 2.34. The van der Waals surface area contributed by atoms with Crippen LogP contribution in [0.15, 0.2) is 48.5 Å². The summed E-state index contributed by atoms with van der Waals surface area (Å²) in [6.45, 7) is 4.63. The second-order valence-corrected chi connectivity index (χ2v) is 6.21. The summed E-state index contributed by atoms with van der Waals surface area (Å²) in [5.74, 6) is 0.611. The summed E-state index contributed by atoms with van der Waals surface area (Å²) in [5.41, 5.74) is 2.46. The zero-order chi connectivity index (χ0) is 18.9. The number of urea groups is 1. The van der Waals surface area contributed by atoms with E-state index in [0.717, 1.165) is 16.9 Å². The van der Waals surface area contributed by atoms with E-state index < -0.39 is 0 Å². The van der Waals surface area contributed by atoms with Gasteiger partial charge in [-0.15, -0.1) is 0 Å². The number of hydrogen-bond donors (Lipinski definition) is 3. The first-order chi connectivity index (χ1) is 12.5. The molecule has 0 aliphatic rings. The molecule has 0 heterocycles. The van der Waals surface area contributed by atoms with E-state index in [1.165, 1.54) is 0 Å². The molecule has 6 nitrogen and oxygen atoms in total. The average Bonchev–Trinajstić information content (AvgIpc) is 2.64. The van der Waals surface area contributed by atoms with Crippen LogP contribution in [-0.4, -0.2) is 25.1 Å². The van der Waals surface area contributed by atoms with Gasteiger partial charge < -0.3 is 20.7 Å². The maximum absolute atomic E-state index is 12.2. The maximum atomic E-state index is 12.2. The van der Waals surface area contributed by atoms with Crippen LogP contribution >= 0.6 is 0 Å². The van der Waals surface area contributed by atoms with Crippen molar-refractivity contribution >= 4 is 11.9 Å². The second kappa shape index (κ2) is 9.46. The van der Waals surface area contributed by atoms with Gasteiger partial charge in [-0.2, -0.15) is 0 Å². The minimum absolute atomic E-state index is 0.0886. The van der Waals surface area contributed by atoms with Gasteiger partial charge in [0.25, 0.3) is 5.91 Å². The molecule has 0 saturated heterocycles. The highest BCUT2D eigenvalue weighted by molar-refractivity contribution is 5.94. The van der Waals surface area contributed by atoms with Crippen LogP contribution in [0.25, 0.3) is 0 Å². The van der Waals surface area contributed by atoms with Crippen LogP contribution in [0.5, 0.6) is 5.75 Å². The lowest BCUT2D eigenvalue weighted by Gasteiger charge is -2.10. The van der Waals surface area contributed by atoms with Crippen molar-refractivity contribution in [3.63, 3.8) is 0 Å². The molecule has 3 N–H and O–H groups in total. The summed E-state index contributed by atoms with van der Waals surface area (Å²) in [5, 5.41) is 8.42. The Kier molecular flexibility index (Phi) is 7.02. The Balaban J connectivity index is 1.85. The van der Waals surface area contributed by atoms with E-state index in [4.69, 9.17) is 4.74 Å². The number of nitrogens with one attached hydrogen (secondary N) is 3. The Hall–Kier alpha value is -3.02. The summed E-state index contributed by atoms with van der Waals surface area (Å²) < 4.78 is 5.17. The molecule has 138 valence electrons. The van der Waals surface area contributed by atoms with Crippen LogP contribution < -0.4 is 20.7 Å². The molecule has 26 heavy (non-hydrogen) atoms. The van der Waals surface area contributed by atoms with Gasteiger partial charge >= 0.3 is 6.03 Å². The number of methoxy groups -OCH3 is 1. The largest absolute Gasteiger partial charge is 0.497 e. The minimum atomic E-state index is -0.208. The number of ether oxygens (including phenoxy) is 1. The quantitative estimate of drug-likeness (QED) is 0.714. The molecule has 0 atom stereocenters. The van der Waals surface area contributed by atoms with Gasteiger partial charge in [-0.3, -0.25) is 4.79 Å². The number of amides is 3. The van der Waals surface area contributed by atoms with Gasteiger partial charge in [-0.25, -0.2) is 4.79 Å². The van der Waals surface area contributed by atoms with Crippen LogP contribution in [0.4, 0.5) is 4.79 Å². The minimum Gasteiger partial charge on any atom is -0.497 e. The number of carbonyl (C=O) groups excluding carboxylic acids is 2. The number of carbonyl (C=O) groups is 2. The summed E-state index contributed by atoms with van der Waals surface area (Å²) in [6, 6.07) is 14.6. The second-order valence-electron chi connectivity index (χ2n) is 6.21. The highest BCUT2D eigenvalue weighted by Gasteiger charge is 2.07. The Morgan fingerprint density at radius 2 is 1.65 bits per heavy atom. The Bertz CT molecular complexity index is 742. The molecule has 2 aromatic carbocycles. The normalized spacial score (nSPS) is 10.3. The van der Waals surface area contributed by atoms with Crippen molar-refractivity contribution in [1.29, 1.82) is 0 Å². The van der Waals surface area contributed by atoms with Crippen molar-refractivity contribution in [3.8, 4) is 5.75 Å². The fraction of sp³-hybridized carbons (Fsp3) is 0.300. The monoisotopic (exact) mass is 355 g/mol. The first-order valence-electron chi connectivity index (χ1n) is 8.52. The molecule has 0 saturated carbocycles. The number of rotatable bonds is 7. The zero-order valence-electron chi connectivity index (χ0n) is 15.3. The molecule has 0 aromatic heterocycles. The SMILES string of the molecule is COc1cccc(CNC(=O)c2ccc(CNC(=O)NC(C)C)cc2)c1. The number of benzene rings is 2. The molecule has 3 amide bonds. The van der Waals surface area contributed by atoms with Crippen LogP contribution in [-0.2, 0) is 13.1 Å². The molecule has 2 rings (SSSR count). The molecule has 0 bridgehead atoms. The summed E-state index contributed by atoms with van der Waals surface area (Å²) in [7, 11) is 1.61. The van der Waals surface area contributed by atoms with Gasteiger partial charge in [-0.1, -0.05) is 24.3 Å². The maximum Gasteiger partial charge on any atom is 0.315 e. The van der Waals surface area contributed by atoms with E-state index in [0.29, 0.717) is 18.7 Å².